The predicted octanol–water partition coefficient (Wildman–Crippen LogP) is 2.09. The number of hydrogen-bond donors (Lipinski definition) is 3. The molecule has 1 aliphatic rings. The second-order valence-corrected chi connectivity index (χ2v) is 7.07. The lowest BCUT2D eigenvalue weighted by Crippen LogP contribution is -2.48. The molecule has 6 heteroatoms. The van der Waals surface area contributed by atoms with Crippen molar-refractivity contribution in [2.45, 2.75) is 39.3 Å². The summed E-state index contributed by atoms with van der Waals surface area (Å²) in [6.07, 6.45) is 6.14. The third-order valence-corrected chi connectivity index (χ3v) is 3.70. The Kier molecular flexibility index (Phi) is 5.17. The molecule has 2 unspecified atom stereocenters. The van der Waals surface area contributed by atoms with Crippen molar-refractivity contribution in [2.75, 3.05) is 0 Å². The van der Waals surface area contributed by atoms with E-state index < -0.39 is 23.0 Å². The number of hydrogen-bond acceptors (Lipinski definition) is 3. The smallest absolute Gasteiger partial charge is 0.319 e. The number of aliphatic carboxylic acids is 1. The first kappa shape index (κ1) is 17.7. The Labute approximate surface area is 133 Å². The number of nitrogens with two attached hydrogens (primary N) is 1. The lowest BCUT2D eigenvalue weighted by Gasteiger charge is -2.34. The standard InChI is InChI=1S/C15H21BrN2O3/c1-9(7-12(19)18-14(2,3)4)15(13(20)21)8-10(16)5-6-11(15)17/h5-8,11H,17H2,1-4H3,(H,18,19)(H,20,21)/b9-7+. The molecule has 4 N–H and O–H groups in total. The Hall–Kier alpha value is -1.40. The molecule has 1 rings (SSSR count). The Bertz CT molecular complexity index is 544. The fourth-order valence-electron chi connectivity index (χ4n) is 2.18. The van der Waals surface area contributed by atoms with Gasteiger partial charge in [-0.3, -0.25) is 9.59 Å². The van der Waals surface area contributed by atoms with Crippen LogP contribution in [-0.4, -0.2) is 28.6 Å². The van der Waals surface area contributed by atoms with Crippen molar-refractivity contribution in [1.29, 1.82) is 0 Å². The molecule has 0 saturated heterocycles. The van der Waals surface area contributed by atoms with Gasteiger partial charge in [-0.15, -0.1) is 0 Å². The van der Waals surface area contributed by atoms with E-state index in [1.54, 1.807) is 19.1 Å². The number of rotatable bonds is 3. The van der Waals surface area contributed by atoms with Gasteiger partial charge < -0.3 is 16.2 Å². The highest BCUT2D eigenvalue weighted by atomic mass is 79.9. The highest BCUT2D eigenvalue weighted by Gasteiger charge is 2.45. The van der Waals surface area contributed by atoms with Crippen LogP contribution in [0, 0.1) is 5.41 Å². The van der Waals surface area contributed by atoms with Crippen LogP contribution in [0.3, 0.4) is 0 Å². The fourth-order valence-corrected chi connectivity index (χ4v) is 2.69. The van der Waals surface area contributed by atoms with Gasteiger partial charge in [0.25, 0.3) is 0 Å². The Morgan fingerprint density at radius 2 is 2.05 bits per heavy atom. The summed E-state index contributed by atoms with van der Waals surface area (Å²) in [6, 6.07) is -0.741. The highest BCUT2D eigenvalue weighted by molar-refractivity contribution is 9.11. The van der Waals surface area contributed by atoms with E-state index in [-0.39, 0.29) is 5.91 Å². The zero-order chi connectivity index (χ0) is 16.4. The number of carboxylic acid groups (broad SMARTS) is 1. The molecule has 1 aliphatic carbocycles. The van der Waals surface area contributed by atoms with Crippen LogP contribution in [0.15, 0.2) is 34.4 Å². The highest BCUT2D eigenvalue weighted by Crippen LogP contribution is 2.38. The van der Waals surface area contributed by atoms with Gasteiger partial charge in [0.1, 0.15) is 5.41 Å². The maximum Gasteiger partial charge on any atom is 0.319 e. The van der Waals surface area contributed by atoms with Gasteiger partial charge in [-0.1, -0.05) is 28.1 Å². The Morgan fingerprint density at radius 3 is 2.52 bits per heavy atom. The largest absolute Gasteiger partial charge is 0.480 e. The summed E-state index contributed by atoms with van der Waals surface area (Å²) in [6.45, 7) is 7.16. The minimum absolute atomic E-state index is 0.341. The van der Waals surface area contributed by atoms with Crippen molar-refractivity contribution in [3.63, 3.8) is 0 Å². The van der Waals surface area contributed by atoms with Crippen LogP contribution in [-0.2, 0) is 9.59 Å². The lowest BCUT2D eigenvalue weighted by atomic mass is 9.72. The third-order valence-electron chi connectivity index (χ3n) is 3.21. The van der Waals surface area contributed by atoms with Crippen LogP contribution < -0.4 is 11.1 Å². The number of carboxylic acids is 1. The van der Waals surface area contributed by atoms with Crippen LogP contribution in [0.1, 0.15) is 27.7 Å². The molecule has 0 radical (unpaired) electrons. The van der Waals surface area contributed by atoms with E-state index in [0.717, 1.165) is 0 Å². The van der Waals surface area contributed by atoms with Crippen LogP contribution in [0.4, 0.5) is 0 Å². The fraction of sp³-hybridized carbons (Fsp3) is 0.467. The summed E-state index contributed by atoms with van der Waals surface area (Å²) in [5, 5.41) is 12.4. The van der Waals surface area contributed by atoms with Gasteiger partial charge in [-0.2, -0.15) is 0 Å². The molecule has 116 valence electrons. The minimum atomic E-state index is -1.43. The van der Waals surface area contributed by atoms with Crippen LogP contribution in [0.25, 0.3) is 0 Å². The molecule has 0 spiro atoms. The van der Waals surface area contributed by atoms with E-state index in [0.29, 0.717) is 10.1 Å². The zero-order valence-electron chi connectivity index (χ0n) is 12.6. The molecule has 5 nitrogen and oxygen atoms in total. The van der Waals surface area contributed by atoms with E-state index in [9.17, 15) is 14.7 Å². The minimum Gasteiger partial charge on any atom is -0.480 e. The van der Waals surface area contributed by atoms with Gasteiger partial charge in [0.2, 0.25) is 5.91 Å². The number of amides is 1. The summed E-state index contributed by atoms with van der Waals surface area (Å²) in [4.78, 5) is 23.8. The molecule has 2 atom stereocenters. The summed E-state index contributed by atoms with van der Waals surface area (Å²) >= 11 is 3.27. The molecule has 0 aromatic heterocycles. The average molecular weight is 357 g/mol. The third kappa shape index (κ3) is 4.04. The average Bonchev–Trinajstić information content (AvgIpc) is 2.28. The first-order valence-corrected chi connectivity index (χ1v) is 7.35. The predicted molar refractivity (Wildman–Crippen MR) is 85.8 cm³/mol. The van der Waals surface area contributed by atoms with E-state index in [1.165, 1.54) is 12.2 Å². The van der Waals surface area contributed by atoms with E-state index in [2.05, 4.69) is 21.2 Å². The summed E-state index contributed by atoms with van der Waals surface area (Å²) in [5.41, 5.74) is 4.53. The number of carbonyl (C=O) groups excluding carboxylic acids is 1. The Balaban J connectivity index is 3.21. The van der Waals surface area contributed by atoms with E-state index >= 15 is 0 Å². The molecular formula is C15H21BrN2O3. The van der Waals surface area contributed by atoms with Crippen molar-refractivity contribution >= 4 is 27.8 Å². The van der Waals surface area contributed by atoms with Gasteiger partial charge in [0, 0.05) is 22.1 Å². The topological polar surface area (TPSA) is 92.4 Å². The molecule has 0 fully saturated rings. The summed E-state index contributed by atoms with van der Waals surface area (Å²) in [7, 11) is 0. The number of allylic oxidation sites excluding steroid dienone is 2. The lowest BCUT2D eigenvalue weighted by molar-refractivity contribution is -0.144. The van der Waals surface area contributed by atoms with Gasteiger partial charge >= 0.3 is 5.97 Å². The van der Waals surface area contributed by atoms with Crippen molar-refractivity contribution in [1.82, 2.24) is 5.32 Å². The Morgan fingerprint density at radius 1 is 1.48 bits per heavy atom. The van der Waals surface area contributed by atoms with Gasteiger partial charge in [0.15, 0.2) is 0 Å². The second kappa shape index (κ2) is 6.15. The van der Waals surface area contributed by atoms with Gasteiger partial charge in [0.05, 0.1) is 0 Å². The molecule has 0 heterocycles. The first-order chi connectivity index (χ1) is 9.49. The molecular weight excluding hydrogens is 336 g/mol. The van der Waals surface area contributed by atoms with Gasteiger partial charge in [-0.05, 0) is 39.3 Å². The van der Waals surface area contributed by atoms with Crippen LogP contribution in [0.2, 0.25) is 0 Å². The van der Waals surface area contributed by atoms with E-state index in [4.69, 9.17) is 5.73 Å². The first-order valence-electron chi connectivity index (χ1n) is 6.55. The van der Waals surface area contributed by atoms with Crippen molar-refractivity contribution in [3.05, 3.63) is 34.4 Å². The molecule has 21 heavy (non-hydrogen) atoms. The maximum atomic E-state index is 12.0. The second-order valence-electron chi connectivity index (χ2n) is 6.15. The van der Waals surface area contributed by atoms with Crippen LogP contribution in [0.5, 0.6) is 0 Å². The molecule has 1 amide bonds. The van der Waals surface area contributed by atoms with E-state index in [1.807, 2.05) is 20.8 Å². The quantitative estimate of drug-likeness (QED) is 0.675. The number of carbonyl (C=O) groups is 2. The molecule has 0 aromatic carbocycles. The maximum absolute atomic E-state index is 12.0. The van der Waals surface area contributed by atoms with Crippen LogP contribution >= 0.6 is 15.9 Å². The van der Waals surface area contributed by atoms with Gasteiger partial charge in [-0.25, -0.2) is 0 Å². The monoisotopic (exact) mass is 356 g/mol. The normalized spacial score (nSPS) is 26.3. The summed E-state index contributed by atoms with van der Waals surface area (Å²) < 4.78 is 0.621. The number of halogens is 1. The van der Waals surface area contributed by atoms with Crippen molar-refractivity contribution in [2.24, 2.45) is 11.1 Å². The summed E-state index contributed by atoms with van der Waals surface area (Å²) in [5.74, 6) is -1.43. The van der Waals surface area contributed by atoms with Crippen molar-refractivity contribution in [3.8, 4) is 0 Å². The molecule has 0 saturated carbocycles. The zero-order valence-corrected chi connectivity index (χ0v) is 14.2. The molecule has 0 aromatic rings. The van der Waals surface area contributed by atoms with Crippen molar-refractivity contribution < 1.29 is 14.7 Å². The molecule has 0 aliphatic heterocycles. The molecule has 0 bridgehead atoms. The number of nitrogens with one attached hydrogen (secondary N) is 1. The SMILES string of the molecule is C/C(=C\C(=O)NC(C)(C)C)C1(C(=O)O)C=C(Br)C=CC1N.